The van der Waals surface area contributed by atoms with Crippen LogP contribution in [0.5, 0.6) is 0 Å². The van der Waals surface area contributed by atoms with E-state index >= 15 is 0 Å². The fourth-order valence-corrected chi connectivity index (χ4v) is 1.44. The molecule has 2 aromatic rings. The van der Waals surface area contributed by atoms with Crippen LogP contribution in [0.15, 0.2) is 35.5 Å². The summed E-state index contributed by atoms with van der Waals surface area (Å²) in [7, 11) is 0. The summed E-state index contributed by atoms with van der Waals surface area (Å²) in [6.45, 7) is 0.153. The van der Waals surface area contributed by atoms with E-state index in [-0.39, 0.29) is 12.2 Å². The quantitative estimate of drug-likeness (QED) is 0.610. The van der Waals surface area contributed by atoms with Gasteiger partial charge in [-0.1, -0.05) is 0 Å². The maximum atomic E-state index is 11.5. The maximum Gasteiger partial charge on any atom is 0.348 e. The predicted octanol–water partition coefficient (Wildman–Crippen LogP) is 0.177. The molecular formula is C10H9N5O3. The summed E-state index contributed by atoms with van der Waals surface area (Å²) in [5.74, 6) is 0.318. The van der Waals surface area contributed by atoms with Crippen molar-refractivity contribution in [2.24, 2.45) is 0 Å². The molecule has 0 amide bonds. The van der Waals surface area contributed by atoms with Gasteiger partial charge in [0.15, 0.2) is 0 Å². The molecular weight excluding hydrogens is 238 g/mol. The van der Waals surface area contributed by atoms with E-state index < -0.39 is 10.6 Å². The van der Waals surface area contributed by atoms with Crippen LogP contribution in [-0.2, 0) is 6.54 Å². The van der Waals surface area contributed by atoms with Crippen molar-refractivity contribution in [1.82, 2.24) is 14.5 Å². The van der Waals surface area contributed by atoms with Crippen LogP contribution in [0.25, 0.3) is 0 Å². The van der Waals surface area contributed by atoms with Gasteiger partial charge in [-0.25, -0.2) is 9.78 Å². The van der Waals surface area contributed by atoms with Gasteiger partial charge in [0.25, 0.3) is 0 Å². The van der Waals surface area contributed by atoms with Gasteiger partial charge in [0.1, 0.15) is 12.0 Å². The van der Waals surface area contributed by atoms with E-state index in [0.717, 1.165) is 17.0 Å². The first-order valence-corrected chi connectivity index (χ1v) is 4.97. The molecule has 0 fully saturated rings. The highest BCUT2D eigenvalue weighted by molar-refractivity contribution is 5.32. The molecule has 0 atom stereocenters. The Hall–Kier alpha value is -2.77. The van der Waals surface area contributed by atoms with Gasteiger partial charge in [-0.15, -0.1) is 0 Å². The molecule has 2 heterocycles. The lowest BCUT2D eigenvalue weighted by molar-refractivity contribution is -0.385. The van der Waals surface area contributed by atoms with Crippen molar-refractivity contribution in [2.45, 2.75) is 6.54 Å². The van der Waals surface area contributed by atoms with E-state index in [1.54, 1.807) is 12.1 Å². The predicted molar refractivity (Wildman–Crippen MR) is 62.9 cm³/mol. The zero-order chi connectivity index (χ0) is 13.1. The van der Waals surface area contributed by atoms with Crippen LogP contribution in [-0.4, -0.2) is 19.5 Å². The monoisotopic (exact) mass is 247 g/mol. The first kappa shape index (κ1) is 11.7. The Balaban J connectivity index is 2.37. The number of nitrogens with two attached hydrogens (primary N) is 1. The maximum absolute atomic E-state index is 11.5. The highest BCUT2D eigenvalue weighted by Crippen LogP contribution is 2.08. The number of pyridine rings is 1. The number of hydrogen-bond acceptors (Lipinski definition) is 6. The number of hydrogen-bond donors (Lipinski definition) is 1. The molecule has 0 saturated heterocycles. The number of nitro groups is 1. The Kier molecular flexibility index (Phi) is 3.00. The van der Waals surface area contributed by atoms with Crippen LogP contribution >= 0.6 is 0 Å². The second kappa shape index (κ2) is 4.62. The normalized spacial score (nSPS) is 10.2. The minimum Gasteiger partial charge on any atom is -0.384 e. The molecule has 0 bridgehead atoms. The van der Waals surface area contributed by atoms with Crippen molar-refractivity contribution in [3.63, 3.8) is 0 Å². The van der Waals surface area contributed by atoms with E-state index in [1.807, 2.05) is 0 Å². The van der Waals surface area contributed by atoms with Crippen molar-refractivity contribution in [3.8, 4) is 0 Å². The first-order valence-electron chi connectivity index (χ1n) is 4.97. The highest BCUT2D eigenvalue weighted by atomic mass is 16.6. The molecule has 0 aliphatic carbocycles. The Bertz CT molecular complexity index is 652. The van der Waals surface area contributed by atoms with Crippen LogP contribution in [0.1, 0.15) is 5.56 Å². The van der Waals surface area contributed by atoms with E-state index in [1.165, 1.54) is 6.20 Å². The Morgan fingerprint density at radius 2 is 2.22 bits per heavy atom. The fourth-order valence-electron chi connectivity index (χ4n) is 1.44. The van der Waals surface area contributed by atoms with Crippen molar-refractivity contribution in [2.75, 3.05) is 5.73 Å². The van der Waals surface area contributed by atoms with Gasteiger partial charge in [0.2, 0.25) is 0 Å². The lowest BCUT2D eigenvalue weighted by Crippen LogP contribution is -2.23. The molecule has 0 unspecified atom stereocenters. The molecule has 0 saturated carbocycles. The van der Waals surface area contributed by atoms with Gasteiger partial charge >= 0.3 is 11.4 Å². The largest absolute Gasteiger partial charge is 0.384 e. The zero-order valence-electron chi connectivity index (χ0n) is 9.18. The van der Waals surface area contributed by atoms with Crippen LogP contribution < -0.4 is 11.4 Å². The number of aromatic nitrogens is 3. The Morgan fingerprint density at radius 1 is 1.44 bits per heavy atom. The smallest absolute Gasteiger partial charge is 0.348 e. The molecule has 0 radical (unpaired) electrons. The third-order valence-corrected chi connectivity index (χ3v) is 2.25. The number of rotatable bonds is 3. The van der Waals surface area contributed by atoms with E-state index in [9.17, 15) is 14.9 Å². The van der Waals surface area contributed by atoms with E-state index in [2.05, 4.69) is 9.97 Å². The summed E-state index contributed by atoms with van der Waals surface area (Å²) in [5, 5.41) is 10.6. The molecule has 8 nitrogen and oxygen atoms in total. The summed E-state index contributed by atoms with van der Waals surface area (Å²) >= 11 is 0. The molecule has 0 spiro atoms. The third-order valence-electron chi connectivity index (χ3n) is 2.25. The second-order valence-electron chi connectivity index (χ2n) is 3.57. The molecule has 92 valence electrons. The van der Waals surface area contributed by atoms with Crippen molar-refractivity contribution < 1.29 is 4.92 Å². The van der Waals surface area contributed by atoms with Gasteiger partial charge in [0.05, 0.1) is 17.7 Å². The topological polar surface area (TPSA) is 117 Å². The third kappa shape index (κ3) is 2.48. The standard InChI is InChI=1S/C10H9N5O3/c11-9-3-7(1-2-12-9)5-14-6-8(15(17)18)4-13-10(14)16/h1-4,6H,5H2,(H2,11,12). The first-order chi connectivity index (χ1) is 8.56. The minimum absolute atomic E-state index is 0.153. The molecule has 18 heavy (non-hydrogen) atoms. The van der Waals surface area contributed by atoms with Crippen molar-refractivity contribution in [1.29, 1.82) is 0 Å². The summed E-state index contributed by atoms with van der Waals surface area (Å²) in [5.41, 5.74) is 5.42. The average molecular weight is 247 g/mol. The summed E-state index contributed by atoms with van der Waals surface area (Å²) in [6.07, 6.45) is 3.58. The molecule has 2 rings (SSSR count). The second-order valence-corrected chi connectivity index (χ2v) is 3.57. The van der Waals surface area contributed by atoms with Crippen LogP contribution in [0.2, 0.25) is 0 Å². The van der Waals surface area contributed by atoms with Crippen LogP contribution in [0, 0.1) is 10.1 Å². The summed E-state index contributed by atoms with van der Waals surface area (Å²) in [4.78, 5) is 28.7. The lowest BCUT2D eigenvalue weighted by atomic mass is 10.2. The van der Waals surface area contributed by atoms with Crippen LogP contribution in [0.4, 0.5) is 11.5 Å². The van der Waals surface area contributed by atoms with Gasteiger partial charge < -0.3 is 5.73 Å². The molecule has 0 aromatic carbocycles. The molecule has 8 heteroatoms. The number of nitrogen functional groups attached to an aromatic ring is 1. The minimum atomic E-state index is -0.607. The highest BCUT2D eigenvalue weighted by Gasteiger charge is 2.09. The number of anilines is 1. The lowest BCUT2D eigenvalue weighted by Gasteiger charge is -2.04. The van der Waals surface area contributed by atoms with Crippen molar-refractivity contribution >= 4 is 11.5 Å². The van der Waals surface area contributed by atoms with E-state index in [0.29, 0.717) is 11.4 Å². The average Bonchev–Trinajstić information content (AvgIpc) is 2.31. The SMILES string of the molecule is Nc1cc(Cn2cc([N+](=O)[O-])cnc2=O)ccn1. The van der Waals surface area contributed by atoms with Gasteiger partial charge in [-0.05, 0) is 17.7 Å². The van der Waals surface area contributed by atoms with Crippen molar-refractivity contribution in [3.05, 3.63) is 56.9 Å². The van der Waals surface area contributed by atoms with Gasteiger partial charge in [0, 0.05) is 6.20 Å². The summed E-state index contributed by atoms with van der Waals surface area (Å²) in [6, 6.07) is 3.26. The Morgan fingerprint density at radius 3 is 2.89 bits per heavy atom. The summed E-state index contributed by atoms with van der Waals surface area (Å²) < 4.78 is 1.15. The molecule has 0 aliphatic heterocycles. The zero-order valence-corrected chi connectivity index (χ0v) is 9.18. The van der Waals surface area contributed by atoms with Gasteiger partial charge in [-0.2, -0.15) is 4.98 Å². The Labute approximate surface area is 101 Å². The van der Waals surface area contributed by atoms with Crippen LogP contribution in [0.3, 0.4) is 0 Å². The molecule has 0 aliphatic rings. The molecule has 2 N–H and O–H groups in total. The van der Waals surface area contributed by atoms with Gasteiger partial charge in [-0.3, -0.25) is 14.7 Å². The fraction of sp³-hybridized carbons (Fsp3) is 0.100. The number of nitrogens with zero attached hydrogens (tertiary/aromatic N) is 4. The molecule has 2 aromatic heterocycles. The van der Waals surface area contributed by atoms with E-state index in [4.69, 9.17) is 5.73 Å².